The van der Waals surface area contributed by atoms with E-state index in [4.69, 9.17) is 0 Å². The first-order valence-corrected chi connectivity index (χ1v) is 27.3. The van der Waals surface area contributed by atoms with Crippen LogP contribution in [0.1, 0.15) is 316 Å². The minimum Gasteiger partial charge on any atom is -0.394 e. The van der Waals surface area contributed by atoms with Crippen LogP contribution >= 0.6 is 0 Å². The molecule has 0 aliphatic rings. The highest BCUT2D eigenvalue weighted by Crippen LogP contribution is 2.18. The van der Waals surface area contributed by atoms with Crippen LogP contribution in [-0.2, 0) is 4.79 Å². The zero-order valence-corrected chi connectivity index (χ0v) is 40.4. The average Bonchev–Trinajstić information content (AvgIpc) is 3.23. The van der Waals surface area contributed by atoms with Gasteiger partial charge in [0.15, 0.2) is 0 Å². The molecule has 0 aliphatic heterocycles. The van der Waals surface area contributed by atoms with Crippen molar-refractivity contribution < 1.29 is 20.1 Å². The van der Waals surface area contributed by atoms with Crippen molar-refractivity contribution >= 4 is 5.91 Å². The van der Waals surface area contributed by atoms with E-state index in [1.165, 1.54) is 257 Å². The summed E-state index contributed by atoms with van der Waals surface area (Å²) in [6, 6.07) is -0.653. The molecule has 0 heterocycles. The molecule has 59 heavy (non-hydrogen) atoms. The van der Waals surface area contributed by atoms with Gasteiger partial charge in [0.2, 0.25) is 5.91 Å². The Bertz CT molecular complexity index is 792. The molecule has 3 atom stereocenters. The SMILES string of the molecule is CCCCCCCCCCCCCCCCCCCCCCCCCCCCCCCCC(O)CC(=O)NC(CO)C(O)CCCCCCCCCCCCCCCC. The molecule has 0 aromatic heterocycles. The molecule has 0 aliphatic carbocycles. The van der Waals surface area contributed by atoms with Crippen LogP contribution in [0.25, 0.3) is 0 Å². The van der Waals surface area contributed by atoms with Crippen molar-refractivity contribution in [1.29, 1.82) is 0 Å². The maximum Gasteiger partial charge on any atom is 0.222 e. The van der Waals surface area contributed by atoms with Crippen LogP contribution in [0.4, 0.5) is 0 Å². The quantitative estimate of drug-likeness (QED) is 0.0460. The van der Waals surface area contributed by atoms with E-state index in [1.807, 2.05) is 0 Å². The molecular weight excluding hydrogens is 727 g/mol. The molecule has 0 rings (SSSR count). The van der Waals surface area contributed by atoms with Crippen molar-refractivity contribution in [2.75, 3.05) is 6.61 Å². The third-order valence-corrected chi connectivity index (χ3v) is 13.2. The summed E-state index contributed by atoms with van der Waals surface area (Å²) in [5.74, 6) is -0.276. The second kappa shape index (κ2) is 50.0. The fourth-order valence-electron chi connectivity index (χ4n) is 9.00. The van der Waals surface area contributed by atoms with Gasteiger partial charge >= 0.3 is 0 Å². The zero-order valence-electron chi connectivity index (χ0n) is 40.4. The van der Waals surface area contributed by atoms with Gasteiger partial charge in [-0.2, -0.15) is 0 Å². The third kappa shape index (κ3) is 46.7. The Hall–Kier alpha value is -0.650. The van der Waals surface area contributed by atoms with Gasteiger partial charge in [0.25, 0.3) is 0 Å². The maximum absolute atomic E-state index is 12.5. The predicted molar refractivity (Wildman–Crippen MR) is 259 cm³/mol. The number of rotatable bonds is 51. The van der Waals surface area contributed by atoms with E-state index in [1.54, 1.807) is 0 Å². The molecule has 3 unspecified atom stereocenters. The summed E-state index contributed by atoms with van der Waals surface area (Å²) in [5, 5.41) is 33.5. The monoisotopic (exact) mass is 836 g/mol. The highest BCUT2D eigenvalue weighted by atomic mass is 16.3. The highest BCUT2D eigenvalue weighted by Gasteiger charge is 2.21. The second-order valence-electron chi connectivity index (χ2n) is 19.2. The number of nitrogens with one attached hydrogen (secondary N) is 1. The van der Waals surface area contributed by atoms with Gasteiger partial charge in [-0.25, -0.2) is 0 Å². The van der Waals surface area contributed by atoms with E-state index >= 15 is 0 Å². The van der Waals surface area contributed by atoms with Crippen LogP contribution in [0.5, 0.6) is 0 Å². The summed E-state index contributed by atoms with van der Waals surface area (Å²) in [6.07, 6.45) is 59.8. The van der Waals surface area contributed by atoms with E-state index in [9.17, 15) is 20.1 Å². The van der Waals surface area contributed by atoms with Gasteiger partial charge in [-0.15, -0.1) is 0 Å². The molecule has 5 nitrogen and oxygen atoms in total. The van der Waals surface area contributed by atoms with Gasteiger partial charge in [0, 0.05) is 0 Å². The zero-order chi connectivity index (χ0) is 43.0. The van der Waals surface area contributed by atoms with Gasteiger partial charge in [-0.1, -0.05) is 296 Å². The number of carbonyl (C=O) groups is 1. The number of aliphatic hydroxyl groups excluding tert-OH is 3. The number of amides is 1. The molecule has 0 aromatic rings. The van der Waals surface area contributed by atoms with E-state index in [2.05, 4.69) is 19.2 Å². The summed E-state index contributed by atoms with van der Waals surface area (Å²) in [5.41, 5.74) is 0. The Morgan fingerprint density at radius 2 is 0.576 bits per heavy atom. The van der Waals surface area contributed by atoms with Gasteiger partial charge in [0.1, 0.15) is 0 Å². The largest absolute Gasteiger partial charge is 0.394 e. The number of hydrogen-bond acceptors (Lipinski definition) is 4. The van der Waals surface area contributed by atoms with Gasteiger partial charge in [0.05, 0.1) is 31.3 Å². The van der Waals surface area contributed by atoms with E-state index in [0.29, 0.717) is 12.8 Å². The number of aliphatic hydroxyl groups is 3. The Balaban J connectivity index is 3.44. The van der Waals surface area contributed by atoms with Crippen LogP contribution < -0.4 is 5.32 Å². The summed E-state index contributed by atoms with van der Waals surface area (Å²) >= 11 is 0. The fraction of sp³-hybridized carbons (Fsp3) is 0.981. The molecule has 5 heteroatoms. The number of carbonyl (C=O) groups excluding carboxylic acids is 1. The second-order valence-corrected chi connectivity index (χ2v) is 19.2. The minimum absolute atomic E-state index is 0.0433. The molecule has 0 bridgehead atoms. The fourth-order valence-corrected chi connectivity index (χ4v) is 9.00. The lowest BCUT2D eigenvalue weighted by atomic mass is 10.0. The molecule has 0 spiro atoms. The minimum atomic E-state index is -0.744. The lowest BCUT2D eigenvalue weighted by Crippen LogP contribution is -2.46. The van der Waals surface area contributed by atoms with E-state index < -0.39 is 18.2 Å². The normalized spacial score (nSPS) is 13.2. The molecule has 0 saturated heterocycles. The Kier molecular flexibility index (Phi) is 49.4. The predicted octanol–water partition coefficient (Wildman–Crippen LogP) is 16.6. The molecule has 354 valence electrons. The topological polar surface area (TPSA) is 89.8 Å². The average molecular weight is 836 g/mol. The Morgan fingerprint density at radius 3 is 0.814 bits per heavy atom. The van der Waals surface area contributed by atoms with Crippen molar-refractivity contribution in [3.05, 3.63) is 0 Å². The van der Waals surface area contributed by atoms with Crippen molar-refractivity contribution in [3.63, 3.8) is 0 Å². The first-order valence-electron chi connectivity index (χ1n) is 27.3. The van der Waals surface area contributed by atoms with Gasteiger partial charge in [-0.05, 0) is 12.8 Å². The molecule has 0 saturated carbocycles. The lowest BCUT2D eigenvalue weighted by Gasteiger charge is -2.23. The summed E-state index contributed by atoms with van der Waals surface area (Å²) < 4.78 is 0. The van der Waals surface area contributed by atoms with Crippen LogP contribution in [0.2, 0.25) is 0 Å². The number of unbranched alkanes of at least 4 members (excludes halogenated alkanes) is 42. The van der Waals surface area contributed by atoms with Gasteiger partial charge < -0.3 is 20.6 Å². The van der Waals surface area contributed by atoms with Crippen molar-refractivity contribution in [2.45, 2.75) is 334 Å². The Labute approximate surface area is 370 Å². The lowest BCUT2D eigenvalue weighted by molar-refractivity contribution is -0.125. The van der Waals surface area contributed by atoms with Crippen LogP contribution in [0.3, 0.4) is 0 Å². The van der Waals surface area contributed by atoms with Crippen LogP contribution in [0, 0.1) is 0 Å². The van der Waals surface area contributed by atoms with Gasteiger partial charge in [-0.3, -0.25) is 4.79 Å². The van der Waals surface area contributed by atoms with Crippen molar-refractivity contribution in [1.82, 2.24) is 5.32 Å². The van der Waals surface area contributed by atoms with Crippen LogP contribution in [-0.4, -0.2) is 46.1 Å². The van der Waals surface area contributed by atoms with E-state index in [0.717, 1.165) is 25.7 Å². The molecule has 1 amide bonds. The summed E-state index contributed by atoms with van der Waals surface area (Å²) in [7, 11) is 0. The molecule has 0 aromatic carbocycles. The van der Waals surface area contributed by atoms with Crippen molar-refractivity contribution in [2.24, 2.45) is 0 Å². The van der Waals surface area contributed by atoms with Crippen molar-refractivity contribution in [3.8, 4) is 0 Å². The summed E-state index contributed by atoms with van der Waals surface area (Å²) in [4.78, 5) is 12.5. The molecule has 0 radical (unpaired) electrons. The maximum atomic E-state index is 12.5. The highest BCUT2D eigenvalue weighted by molar-refractivity contribution is 5.76. The standard InChI is InChI=1S/C54H109NO4/c1-3-5-7-9-11-13-15-17-19-20-21-22-23-24-25-26-27-28-29-30-31-32-33-34-35-37-39-41-43-45-47-51(57)49-54(59)55-52(50-56)53(58)48-46-44-42-40-38-36-18-16-14-12-10-8-6-4-2/h51-53,56-58H,3-50H2,1-2H3,(H,55,59). The molecule has 0 fully saturated rings. The first-order chi connectivity index (χ1) is 29.0. The third-order valence-electron chi connectivity index (χ3n) is 13.2. The first kappa shape index (κ1) is 58.4. The van der Waals surface area contributed by atoms with E-state index in [-0.39, 0.29) is 18.9 Å². The molecule has 4 N–H and O–H groups in total. The van der Waals surface area contributed by atoms with Crippen LogP contribution in [0.15, 0.2) is 0 Å². The molecular formula is C54H109NO4. The number of hydrogen-bond donors (Lipinski definition) is 4. The smallest absolute Gasteiger partial charge is 0.222 e. The Morgan fingerprint density at radius 1 is 0.356 bits per heavy atom. The summed E-state index contributed by atoms with van der Waals surface area (Å²) in [6.45, 7) is 4.30.